The van der Waals surface area contributed by atoms with Crippen molar-refractivity contribution < 1.29 is 9.78 Å². The van der Waals surface area contributed by atoms with E-state index in [1.54, 1.807) is 0 Å². The van der Waals surface area contributed by atoms with Gasteiger partial charge < -0.3 is 0 Å². The molecule has 0 aromatic rings. The summed E-state index contributed by atoms with van der Waals surface area (Å²) in [6, 6.07) is 0. The Morgan fingerprint density at radius 3 is 0.615 bits per heavy atom. The maximum Gasteiger partial charge on any atom is 0.102 e. The first-order valence-corrected chi connectivity index (χ1v) is 10.4. The first kappa shape index (κ1) is 25.9. The van der Waals surface area contributed by atoms with Crippen molar-refractivity contribution in [2.24, 2.45) is 21.7 Å². The van der Waals surface area contributed by atoms with Gasteiger partial charge in [0, 0.05) is 0 Å². The monoisotopic (exact) mass is 370 g/mol. The number of hydrogen-bond donors (Lipinski definition) is 0. The normalized spacial score (nSPS) is 15.5. The molecule has 0 radical (unpaired) electrons. The van der Waals surface area contributed by atoms with Crippen LogP contribution in [0.3, 0.4) is 0 Å². The summed E-state index contributed by atoms with van der Waals surface area (Å²) < 4.78 is 0. The molecule has 0 bridgehead atoms. The number of rotatable bonds is 7. The van der Waals surface area contributed by atoms with Crippen molar-refractivity contribution in [3.8, 4) is 0 Å². The lowest BCUT2D eigenvalue weighted by molar-refractivity contribution is -0.421. The van der Waals surface area contributed by atoms with Gasteiger partial charge in [0.1, 0.15) is 11.2 Å². The van der Waals surface area contributed by atoms with Gasteiger partial charge in [0.25, 0.3) is 0 Å². The van der Waals surface area contributed by atoms with Gasteiger partial charge in [-0.25, -0.2) is 9.78 Å². The largest absolute Gasteiger partial charge is 0.230 e. The fourth-order valence-electron chi connectivity index (χ4n) is 4.93. The van der Waals surface area contributed by atoms with E-state index in [9.17, 15) is 0 Å². The van der Waals surface area contributed by atoms with Crippen LogP contribution in [0.25, 0.3) is 0 Å². The second-order valence-corrected chi connectivity index (χ2v) is 14.0. The van der Waals surface area contributed by atoms with E-state index < -0.39 is 0 Å². The predicted molar refractivity (Wildman–Crippen MR) is 115 cm³/mol. The van der Waals surface area contributed by atoms with Crippen LogP contribution in [0.2, 0.25) is 0 Å². The topological polar surface area (TPSA) is 18.5 Å². The fourth-order valence-corrected chi connectivity index (χ4v) is 4.93. The molecule has 0 saturated heterocycles. The Kier molecular flexibility index (Phi) is 8.09. The van der Waals surface area contributed by atoms with Gasteiger partial charge in [-0.2, -0.15) is 0 Å². The van der Waals surface area contributed by atoms with E-state index in [0.29, 0.717) is 0 Å². The van der Waals surface area contributed by atoms with Gasteiger partial charge >= 0.3 is 0 Å². The van der Waals surface area contributed by atoms with E-state index >= 15 is 0 Å². The lowest BCUT2D eigenvalue weighted by Gasteiger charge is -2.44. The molecule has 158 valence electrons. The Bertz CT molecular complexity index is 347. The molecule has 0 spiro atoms. The molecule has 0 atom stereocenters. The van der Waals surface area contributed by atoms with Crippen molar-refractivity contribution in [3.05, 3.63) is 0 Å². The van der Waals surface area contributed by atoms with Crippen LogP contribution in [0.15, 0.2) is 0 Å². The minimum atomic E-state index is -0.298. The Hall–Kier alpha value is -0.0800. The summed E-state index contributed by atoms with van der Waals surface area (Å²) in [4.78, 5) is 12.7. The van der Waals surface area contributed by atoms with Crippen LogP contribution in [0.5, 0.6) is 0 Å². The second kappa shape index (κ2) is 8.11. The van der Waals surface area contributed by atoms with Gasteiger partial charge in [-0.05, 0) is 61.2 Å². The molecule has 0 heterocycles. The summed E-state index contributed by atoms with van der Waals surface area (Å²) in [5.74, 6) is 0. The summed E-state index contributed by atoms with van der Waals surface area (Å²) in [6.45, 7) is 31.8. The third kappa shape index (κ3) is 13.1. The van der Waals surface area contributed by atoms with E-state index in [2.05, 4.69) is 96.9 Å². The van der Waals surface area contributed by atoms with E-state index in [1.807, 2.05) is 0 Å². The fraction of sp³-hybridized carbons (Fsp3) is 1.00. The molecule has 0 aliphatic rings. The highest BCUT2D eigenvalue weighted by Gasteiger charge is 2.41. The molecule has 0 aliphatic heterocycles. The Labute approximate surface area is 165 Å². The van der Waals surface area contributed by atoms with Crippen LogP contribution < -0.4 is 0 Å². The zero-order valence-electron chi connectivity index (χ0n) is 20.6. The van der Waals surface area contributed by atoms with Crippen LogP contribution in [0.1, 0.15) is 123 Å². The Morgan fingerprint density at radius 1 is 0.346 bits per heavy atom. The predicted octanol–water partition coefficient (Wildman–Crippen LogP) is 8.20. The molecule has 0 amide bonds. The molecule has 0 saturated carbocycles. The van der Waals surface area contributed by atoms with E-state index in [-0.39, 0.29) is 32.9 Å². The maximum atomic E-state index is 6.34. The molecular formula is C24H50O2. The summed E-state index contributed by atoms with van der Waals surface area (Å²) >= 11 is 0. The minimum Gasteiger partial charge on any atom is -0.230 e. The molecule has 2 heteroatoms. The molecule has 2 nitrogen and oxygen atoms in total. The average molecular weight is 371 g/mol. The van der Waals surface area contributed by atoms with Crippen LogP contribution in [-0.2, 0) is 9.78 Å². The molecule has 0 fully saturated rings. The smallest absolute Gasteiger partial charge is 0.102 e. The Balaban J connectivity index is 5.50. The van der Waals surface area contributed by atoms with Crippen molar-refractivity contribution in [2.45, 2.75) is 134 Å². The van der Waals surface area contributed by atoms with Crippen molar-refractivity contribution >= 4 is 0 Å². The van der Waals surface area contributed by atoms with Gasteiger partial charge in [-0.1, -0.05) is 83.1 Å². The first-order chi connectivity index (χ1) is 11.0. The SMILES string of the molecule is CC(C)(C)CC(C)(CC(C)(C)C)OOC(C)(CC(C)(C)C)CC(C)(C)C. The molecule has 26 heavy (non-hydrogen) atoms. The highest BCUT2D eigenvalue weighted by Crippen LogP contribution is 2.43. The Morgan fingerprint density at radius 2 is 0.500 bits per heavy atom. The van der Waals surface area contributed by atoms with Crippen LogP contribution >= 0.6 is 0 Å². The van der Waals surface area contributed by atoms with Crippen LogP contribution in [0.4, 0.5) is 0 Å². The van der Waals surface area contributed by atoms with Crippen molar-refractivity contribution in [1.82, 2.24) is 0 Å². The van der Waals surface area contributed by atoms with E-state index in [0.717, 1.165) is 25.7 Å². The highest BCUT2D eigenvalue weighted by atomic mass is 17.2. The first-order valence-electron chi connectivity index (χ1n) is 10.4. The highest BCUT2D eigenvalue weighted by molar-refractivity contribution is 4.88. The van der Waals surface area contributed by atoms with E-state index in [4.69, 9.17) is 9.78 Å². The summed E-state index contributed by atoms with van der Waals surface area (Å²) in [5, 5.41) is 0. The summed E-state index contributed by atoms with van der Waals surface area (Å²) in [5.41, 5.74) is 0.157. The minimum absolute atomic E-state index is 0.188. The third-order valence-corrected chi connectivity index (χ3v) is 4.06. The zero-order valence-corrected chi connectivity index (χ0v) is 20.6. The van der Waals surface area contributed by atoms with Gasteiger partial charge in [0.15, 0.2) is 0 Å². The van der Waals surface area contributed by atoms with E-state index in [1.165, 1.54) is 0 Å². The summed E-state index contributed by atoms with van der Waals surface area (Å²) in [6.07, 6.45) is 3.88. The van der Waals surface area contributed by atoms with Crippen LogP contribution in [-0.4, -0.2) is 11.2 Å². The molecule has 0 rings (SSSR count). The van der Waals surface area contributed by atoms with Gasteiger partial charge in [-0.3, -0.25) is 0 Å². The summed E-state index contributed by atoms with van der Waals surface area (Å²) in [7, 11) is 0. The standard InChI is InChI=1S/C24H50O2/c1-19(2,3)15-23(13,16-20(4,5)6)25-26-24(14,17-21(7,8)9)18-22(10,11)12/h15-18H2,1-14H3. The quantitative estimate of drug-likeness (QED) is 0.332. The molecular weight excluding hydrogens is 320 g/mol. The molecule has 0 N–H and O–H groups in total. The second-order valence-electron chi connectivity index (χ2n) is 14.0. The van der Waals surface area contributed by atoms with Crippen molar-refractivity contribution in [1.29, 1.82) is 0 Å². The lowest BCUT2D eigenvalue weighted by Crippen LogP contribution is -2.44. The lowest BCUT2D eigenvalue weighted by atomic mass is 9.74. The zero-order chi connectivity index (χ0) is 21.2. The van der Waals surface area contributed by atoms with Crippen molar-refractivity contribution in [3.63, 3.8) is 0 Å². The molecule has 0 unspecified atom stereocenters. The molecule has 0 aliphatic carbocycles. The van der Waals surface area contributed by atoms with Crippen molar-refractivity contribution in [2.75, 3.05) is 0 Å². The third-order valence-electron chi connectivity index (χ3n) is 4.06. The molecule has 0 aromatic heterocycles. The van der Waals surface area contributed by atoms with Gasteiger partial charge in [-0.15, -0.1) is 0 Å². The van der Waals surface area contributed by atoms with Crippen LogP contribution in [0, 0.1) is 21.7 Å². The number of hydrogen-bond acceptors (Lipinski definition) is 2. The van der Waals surface area contributed by atoms with Gasteiger partial charge in [0.2, 0.25) is 0 Å². The molecule has 0 aromatic carbocycles. The maximum absolute atomic E-state index is 6.34. The van der Waals surface area contributed by atoms with Gasteiger partial charge in [0.05, 0.1) is 0 Å². The average Bonchev–Trinajstić information content (AvgIpc) is 2.15.